The van der Waals surface area contributed by atoms with Gasteiger partial charge in [-0.1, -0.05) is 117 Å². The summed E-state index contributed by atoms with van der Waals surface area (Å²) in [5.74, 6) is -0.237. The van der Waals surface area contributed by atoms with Crippen molar-refractivity contribution < 1.29 is 19.2 Å². The van der Waals surface area contributed by atoms with Gasteiger partial charge in [0, 0.05) is 38.0 Å². The molecule has 0 aliphatic rings. The van der Waals surface area contributed by atoms with E-state index in [1.54, 1.807) is 0 Å². The molecule has 2 atom stereocenters. The summed E-state index contributed by atoms with van der Waals surface area (Å²) < 4.78 is 0. The normalized spacial score (nSPS) is 12.3. The molecule has 0 spiro atoms. The molecule has 0 aliphatic carbocycles. The van der Waals surface area contributed by atoms with E-state index in [9.17, 15) is 19.2 Å². The van der Waals surface area contributed by atoms with Gasteiger partial charge in [0.2, 0.25) is 23.6 Å². The van der Waals surface area contributed by atoms with Crippen LogP contribution in [-0.4, -0.2) is 48.8 Å². The summed E-state index contributed by atoms with van der Waals surface area (Å²) in [7, 11) is 0. The molecular weight excluding hydrogens is 588 g/mol. The first-order valence-corrected chi connectivity index (χ1v) is 19.9. The Kier molecular flexibility index (Phi) is 32.2. The van der Waals surface area contributed by atoms with Crippen LogP contribution in [0.5, 0.6) is 0 Å². The summed E-state index contributed by atoms with van der Waals surface area (Å²) in [5.41, 5.74) is 0. The average molecular weight is 665 g/mol. The van der Waals surface area contributed by atoms with Gasteiger partial charge in [-0.05, 0) is 65.2 Å². The highest BCUT2D eigenvalue weighted by molar-refractivity contribution is 5.97. The molecule has 4 amide bonds. The lowest BCUT2D eigenvalue weighted by Crippen LogP contribution is -2.39. The standard InChI is InChI=1S/C39H76N4O4/c1-5-7-9-11-13-15-17-19-21-29-36(44)40-31-25-23-27-34(3)42-38(46)33-39(47)43-35(4)28-24-26-32-41-37(45)30-22-20-18-16-14-12-10-8-6-2/h34-35H,5-33H2,1-4H3,(H,40,44)(H,41,45)(H,42,46)(H,43,47). The Morgan fingerprint density at radius 3 is 1.06 bits per heavy atom. The zero-order valence-corrected chi connectivity index (χ0v) is 31.3. The third-order valence-corrected chi connectivity index (χ3v) is 8.92. The first-order valence-electron chi connectivity index (χ1n) is 19.9. The van der Waals surface area contributed by atoms with Crippen LogP contribution in [0.15, 0.2) is 0 Å². The maximum atomic E-state index is 12.3. The Bertz CT molecular complexity index is 714. The van der Waals surface area contributed by atoms with E-state index in [0.29, 0.717) is 25.9 Å². The lowest BCUT2D eigenvalue weighted by molar-refractivity contribution is -0.130. The largest absolute Gasteiger partial charge is 0.356 e. The number of nitrogens with one attached hydrogen (secondary N) is 4. The van der Waals surface area contributed by atoms with Crippen molar-refractivity contribution in [1.29, 1.82) is 0 Å². The summed E-state index contributed by atoms with van der Waals surface area (Å²) in [6.07, 6.45) is 28.8. The molecule has 0 aromatic heterocycles. The van der Waals surface area contributed by atoms with E-state index >= 15 is 0 Å². The lowest BCUT2D eigenvalue weighted by Gasteiger charge is -2.16. The zero-order valence-electron chi connectivity index (χ0n) is 31.3. The molecule has 8 nitrogen and oxygen atoms in total. The molecule has 276 valence electrons. The van der Waals surface area contributed by atoms with Crippen molar-refractivity contribution >= 4 is 23.6 Å². The molecule has 2 unspecified atom stereocenters. The van der Waals surface area contributed by atoms with Gasteiger partial charge in [0.05, 0.1) is 0 Å². The van der Waals surface area contributed by atoms with Crippen LogP contribution in [0.3, 0.4) is 0 Å². The fraction of sp³-hybridized carbons (Fsp3) is 0.897. The topological polar surface area (TPSA) is 116 Å². The van der Waals surface area contributed by atoms with E-state index in [-0.39, 0.29) is 42.1 Å². The minimum Gasteiger partial charge on any atom is -0.356 e. The third-order valence-electron chi connectivity index (χ3n) is 8.92. The quantitative estimate of drug-likeness (QED) is 0.0406. The van der Waals surface area contributed by atoms with E-state index in [1.165, 1.54) is 89.9 Å². The summed E-state index contributed by atoms with van der Waals surface area (Å²) >= 11 is 0. The van der Waals surface area contributed by atoms with Crippen LogP contribution in [0.25, 0.3) is 0 Å². The third kappa shape index (κ3) is 33.6. The van der Waals surface area contributed by atoms with Gasteiger partial charge in [-0.15, -0.1) is 0 Å². The van der Waals surface area contributed by atoms with E-state index in [0.717, 1.165) is 64.2 Å². The van der Waals surface area contributed by atoms with Crippen LogP contribution < -0.4 is 21.3 Å². The van der Waals surface area contributed by atoms with Crippen molar-refractivity contribution in [2.24, 2.45) is 0 Å². The second-order valence-electron chi connectivity index (χ2n) is 14.0. The van der Waals surface area contributed by atoms with Crippen molar-refractivity contribution in [1.82, 2.24) is 21.3 Å². The van der Waals surface area contributed by atoms with Crippen LogP contribution in [0.4, 0.5) is 0 Å². The summed E-state index contributed by atoms with van der Waals surface area (Å²) in [4.78, 5) is 48.7. The first-order chi connectivity index (χ1) is 22.8. The van der Waals surface area contributed by atoms with E-state index in [2.05, 4.69) is 35.1 Å². The number of rotatable bonds is 34. The van der Waals surface area contributed by atoms with Crippen LogP contribution in [-0.2, 0) is 19.2 Å². The summed E-state index contributed by atoms with van der Waals surface area (Å²) in [6.45, 7) is 9.73. The molecule has 4 N–H and O–H groups in total. The zero-order chi connectivity index (χ0) is 34.8. The number of unbranched alkanes of at least 4 members (excludes halogenated alkanes) is 18. The van der Waals surface area contributed by atoms with Gasteiger partial charge in [-0.25, -0.2) is 0 Å². The van der Waals surface area contributed by atoms with Crippen molar-refractivity contribution in [3.63, 3.8) is 0 Å². The Labute approximate surface area is 289 Å². The molecule has 0 radical (unpaired) electrons. The van der Waals surface area contributed by atoms with Crippen molar-refractivity contribution in [3.05, 3.63) is 0 Å². The van der Waals surface area contributed by atoms with Crippen molar-refractivity contribution in [2.45, 2.75) is 213 Å². The second kappa shape index (κ2) is 33.8. The van der Waals surface area contributed by atoms with Crippen LogP contribution in [0.1, 0.15) is 201 Å². The molecule has 0 saturated carbocycles. The fourth-order valence-corrected chi connectivity index (χ4v) is 5.92. The lowest BCUT2D eigenvalue weighted by atomic mass is 10.1. The van der Waals surface area contributed by atoms with Crippen molar-refractivity contribution in [2.75, 3.05) is 13.1 Å². The molecule has 0 heterocycles. The van der Waals surface area contributed by atoms with Gasteiger partial charge in [-0.3, -0.25) is 19.2 Å². The van der Waals surface area contributed by atoms with Gasteiger partial charge in [-0.2, -0.15) is 0 Å². The predicted octanol–water partition coefficient (Wildman–Crippen LogP) is 8.80. The SMILES string of the molecule is CCCCCCCCCCCC(=O)NCCCCC(C)NC(=O)CC(=O)NC(C)CCCCNC(=O)CCCCCCCCCCC. The Morgan fingerprint density at radius 1 is 0.404 bits per heavy atom. The molecule has 47 heavy (non-hydrogen) atoms. The smallest absolute Gasteiger partial charge is 0.229 e. The van der Waals surface area contributed by atoms with Crippen LogP contribution >= 0.6 is 0 Å². The molecule has 0 rings (SSSR count). The first kappa shape index (κ1) is 44.9. The fourth-order valence-electron chi connectivity index (χ4n) is 5.92. The molecule has 0 fully saturated rings. The number of hydrogen-bond donors (Lipinski definition) is 4. The molecule has 0 aromatic carbocycles. The summed E-state index contributed by atoms with van der Waals surface area (Å²) in [5, 5.41) is 11.9. The van der Waals surface area contributed by atoms with Crippen LogP contribution in [0.2, 0.25) is 0 Å². The monoisotopic (exact) mass is 665 g/mol. The molecule has 0 bridgehead atoms. The van der Waals surface area contributed by atoms with Gasteiger partial charge in [0.25, 0.3) is 0 Å². The highest BCUT2D eigenvalue weighted by Gasteiger charge is 2.14. The predicted molar refractivity (Wildman–Crippen MR) is 197 cm³/mol. The van der Waals surface area contributed by atoms with E-state index in [4.69, 9.17) is 0 Å². The minimum absolute atomic E-state index is 0.0130. The summed E-state index contributed by atoms with van der Waals surface area (Å²) in [6, 6.07) is -0.0261. The Morgan fingerprint density at radius 2 is 0.723 bits per heavy atom. The molecular formula is C39H76N4O4. The highest BCUT2D eigenvalue weighted by Crippen LogP contribution is 2.12. The Hall–Kier alpha value is -2.12. The van der Waals surface area contributed by atoms with Gasteiger partial charge < -0.3 is 21.3 Å². The van der Waals surface area contributed by atoms with Crippen molar-refractivity contribution in [3.8, 4) is 0 Å². The maximum Gasteiger partial charge on any atom is 0.229 e. The van der Waals surface area contributed by atoms with Gasteiger partial charge in [0.15, 0.2) is 0 Å². The molecule has 0 aliphatic heterocycles. The average Bonchev–Trinajstić information content (AvgIpc) is 3.02. The number of amides is 4. The Balaban J connectivity index is 3.67. The van der Waals surface area contributed by atoms with Crippen LogP contribution in [0, 0.1) is 0 Å². The number of carbonyl (C=O) groups is 4. The molecule has 8 heteroatoms. The highest BCUT2D eigenvalue weighted by atomic mass is 16.2. The van der Waals surface area contributed by atoms with Gasteiger partial charge in [0.1, 0.15) is 6.42 Å². The molecule has 0 aromatic rings. The maximum absolute atomic E-state index is 12.3. The number of hydrogen-bond acceptors (Lipinski definition) is 4. The van der Waals surface area contributed by atoms with E-state index < -0.39 is 0 Å². The van der Waals surface area contributed by atoms with Gasteiger partial charge >= 0.3 is 0 Å². The second-order valence-corrected chi connectivity index (χ2v) is 14.0. The molecule has 0 saturated heterocycles. The number of carbonyl (C=O) groups excluding carboxylic acids is 4. The van der Waals surface area contributed by atoms with E-state index in [1.807, 2.05) is 13.8 Å². The minimum atomic E-state index is -0.258.